The van der Waals surface area contributed by atoms with E-state index in [1.54, 1.807) is 0 Å². The van der Waals surface area contributed by atoms with Gasteiger partial charge in [0.25, 0.3) is 0 Å². The number of hydrogen-bond acceptors (Lipinski definition) is 2. The largest absolute Gasteiger partial charge is 0.143 e. The van der Waals surface area contributed by atoms with Crippen LogP contribution in [0.3, 0.4) is 0 Å². The summed E-state index contributed by atoms with van der Waals surface area (Å²) in [6, 6.07) is 12.4. The minimum Gasteiger partial charge on any atom is -0.143 e. The molecule has 0 aliphatic heterocycles. The van der Waals surface area contributed by atoms with Crippen LogP contribution in [-0.2, 0) is 0 Å². The fourth-order valence-electron chi connectivity index (χ4n) is 1.75. The van der Waals surface area contributed by atoms with Crippen LogP contribution in [0.1, 0.15) is 11.1 Å². The molecule has 2 aromatic rings. The third-order valence-electron chi connectivity index (χ3n) is 2.77. The first-order valence-electron chi connectivity index (χ1n) is 5.19. The van der Waals surface area contributed by atoms with E-state index in [4.69, 9.17) is 0 Å². The smallest absolute Gasteiger partial charge is 0.0148 e. The molecule has 0 saturated carbocycles. The molecule has 0 aliphatic rings. The van der Waals surface area contributed by atoms with Gasteiger partial charge < -0.3 is 0 Å². The summed E-state index contributed by atoms with van der Waals surface area (Å²) in [5, 5.41) is 0. The van der Waals surface area contributed by atoms with Gasteiger partial charge in [-0.25, -0.2) is 0 Å². The molecule has 0 aliphatic carbocycles. The molecule has 0 heterocycles. The van der Waals surface area contributed by atoms with Crippen LogP contribution in [0.2, 0.25) is 0 Å². The summed E-state index contributed by atoms with van der Waals surface area (Å²) in [5.74, 6) is 0. The molecular formula is C14H14S2. The van der Waals surface area contributed by atoms with E-state index in [0.29, 0.717) is 0 Å². The summed E-state index contributed by atoms with van der Waals surface area (Å²) in [7, 11) is 0. The van der Waals surface area contributed by atoms with Gasteiger partial charge in [0.2, 0.25) is 0 Å². The molecule has 0 saturated heterocycles. The maximum atomic E-state index is 4.57. The molecule has 0 fully saturated rings. The Bertz CT molecular complexity index is 481. The second-order valence-corrected chi connectivity index (χ2v) is 4.84. The minimum absolute atomic E-state index is 1.03. The third-order valence-corrected chi connectivity index (χ3v) is 3.95. The molecule has 0 aromatic heterocycles. The van der Waals surface area contributed by atoms with Gasteiger partial charge in [0, 0.05) is 9.79 Å². The van der Waals surface area contributed by atoms with E-state index in [2.05, 4.69) is 75.5 Å². The second kappa shape index (κ2) is 4.56. The van der Waals surface area contributed by atoms with Crippen molar-refractivity contribution < 1.29 is 0 Å². The lowest BCUT2D eigenvalue weighted by atomic mass is 10.0. The monoisotopic (exact) mass is 246 g/mol. The van der Waals surface area contributed by atoms with E-state index in [9.17, 15) is 0 Å². The van der Waals surface area contributed by atoms with Gasteiger partial charge in [-0.15, -0.1) is 25.3 Å². The number of hydrogen-bond donors (Lipinski definition) is 2. The Morgan fingerprint density at radius 3 is 1.44 bits per heavy atom. The van der Waals surface area contributed by atoms with Crippen LogP contribution in [0.4, 0.5) is 0 Å². The Kier molecular flexibility index (Phi) is 3.31. The second-order valence-electron chi connectivity index (χ2n) is 3.94. The van der Waals surface area contributed by atoms with E-state index >= 15 is 0 Å². The number of benzene rings is 2. The summed E-state index contributed by atoms with van der Waals surface area (Å²) in [6.45, 7) is 4.14. The van der Waals surface area contributed by atoms with Crippen LogP contribution in [0, 0.1) is 13.8 Å². The Labute approximate surface area is 108 Å². The quantitative estimate of drug-likeness (QED) is 0.678. The first-order valence-corrected chi connectivity index (χ1v) is 6.08. The Morgan fingerprint density at radius 2 is 1.06 bits per heavy atom. The van der Waals surface area contributed by atoms with Crippen LogP contribution in [-0.4, -0.2) is 0 Å². The molecule has 82 valence electrons. The first kappa shape index (κ1) is 11.6. The molecule has 0 unspecified atom stereocenters. The van der Waals surface area contributed by atoms with Crippen molar-refractivity contribution in [1.82, 2.24) is 0 Å². The maximum Gasteiger partial charge on any atom is 0.0148 e. The van der Waals surface area contributed by atoms with Crippen LogP contribution in [0.5, 0.6) is 0 Å². The van der Waals surface area contributed by atoms with E-state index in [1.807, 2.05) is 0 Å². The predicted molar refractivity (Wildman–Crippen MR) is 75.9 cm³/mol. The topological polar surface area (TPSA) is 0 Å². The highest BCUT2D eigenvalue weighted by Gasteiger charge is 2.08. The first-order chi connectivity index (χ1) is 7.61. The highest BCUT2D eigenvalue weighted by molar-refractivity contribution is 7.81. The average Bonchev–Trinajstić information content (AvgIpc) is 2.27. The maximum absolute atomic E-state index is 4.57. The van der Waals surface area contributed by atoms with Crippen molar-refractivity contribution in [2.24, 2.45) is 0 Å². The lowest BCUT2D eigenvalue weighted by Gasteiger charge is -2.11. The summed E-state index contributed by atoms with van der Waals surface area (Å²) >= 11 is 9.14. The third kappa shape index (κ3) is 2.00. The predicted octanol–water partition coefficient (Wildman–Crippen LogP) is 4.55. The van der Waals surface area contributed by atoms with Crippen molar-refractivity contribution in [3.05, 3.63) is 47.5 Å². The van der Waals surface area contributed by atoms with Crippen molar-refractivity contribution in [2.45, 2.75) is 23.6 Å². The SMILES string of the molecule is Cc1cccc(-c2cccc(C)c2S)c1S. The van der Waals surface area contributed by atoms with Crippen LogP contribution >= 0.6 is 25.3 Å². The van der Waals surface area contributed by atoms with Gasteiger partial charge in [0.15, 0.2) is 0 Å². The van der Waals surface area contributed by atoms with E-state index in [0.717, 1.165) is 20.9 Å². The molecule has 0 spiro atoms. The molecular weight excluding hydrogens is 232 g/mol. The van der Waals surface area contributed by atoms with Crippen LogP contribution in [0.15, 0.2) is 46.2 Å². The van der Waals surface area contributed by atoms with E-state index in [1.165, 1.54) is 11.1 Å². The average molecular weight is 246 g/mol. The van der Waals surface area contributed by atoms with Crippen molar-refractivity contribution in [3.63, 3.8) is 0 Å². The number of aryl methyl sites for hydroxylation is 2. The summed E-state index contributed by atoms with van der Waals surface area (Å²) < 4.78 is 0. The van der Waals surface area contributed by atoms with E-state index < -0.39 is 0 Å². The minimum atomic E-state index is 1.03. The molecule has 0 bridgehead atoms. The molecule has 2 heteroatoms. The summed E-state index contributed by atoms with van der Waals surface area (Å²) in [5.41, 5.74) is 4.68. The zero-order valence-electron chi connectivity index (χ0n) is 9.36. The Balaban J connectivity index is 2.68. The summed E-state index contributed by atoms with van der Waals surface area (Å²) in [4.78, 5) is 2.06. The molecule has 16 heavy (non-hydrogen) atoms. The van der Waals surface area contributed by atoms with Gasteiger partial charge in [-0.05, 0) is 36.1 Å². The Hall–Kier alpha value is -0.860. The molecule has 0 amide bonds. The number of thiol groups is 2. The molecule has 0 radical (unpaired) electrons. The van der Waals surface area contributed by atoms with E-state index in [-0.39, 0.29) is 0 Å². The molecule has 2 rings (SSSR count). The van der Waals surface area contributed by atoms with Gasteiger partial charge in [0.05, 0.1) is 0 Å². The van der Waals surface area contributed by atoms with Gasteiger partial charge in [-0.3, -0.25) is 0 Å². The van der Waals surface area contributed by atoms with Crippen molar-refractivity contribution in [1.29, 1.82) is 0 Å². The van der Waals surface area contributed by atoms with Crippen molar-refractivity contribution >= 4 is 25.3 Å². The van der Waals surface area contributed by atoms with Crippen molar-refractivity contribution in [2.75, 3.05) is 0 Å². The lowest BCUT2D eigenvalue weighted by Crippen LogP contribution is -1.87. The zero-order chi connectivity index (χ0) is 11.7. The Morgan fingerprint density at radius 1 is 0.688 bits per heavy atom. The highest BCUT2D eigenvalue weighted by atomic mass is 32.1. The van der Waals surface area contributed by atoms with Crippen LogP contribution in [0.25, 0.3) is 11.1 Å². The van der Waals surface area contributed by atoms with Gasteiger partial charge in [-0.2, -0.15) is 0 Å². The normalized spacial score (nSPS) is 10.5. The van der Waals surface area contributed by atoms with Gasteiger partial charge >= 0.3 is 0 Å². The molecule has 2 aromatic carbocycles. The summed E-state index contributed by atoms with van der Waals surface area (Å²) in [6.07, 6.45) is 0. The fourth-order valence-corrected chi connectivity index (χ4v) is 2.29. The van der Waals surface area contributed by atoms with Crippen molar-refractivity contribution in [3.8, 4) is 11.1 Å². The fraction of sp³-hybridized carbons (Fsp3) is 0.143. The number of rotatable bonds is 1. The standard InChI is InChI=1S/C14H14S2/c1-9-5-3-7-11(13(9)15)12-8-4-6-10(2)14(12)16/h3-8,15-16H,1-2H3. The molecule has 0 N–H and O–H groups in total. The zero-order valence-corrected chi connectivity index (χ0v) is 11.1. The van der Waals surface area contributed by atoms with Crippen LogP contribution < -0.4 is 0 Å². The highest BCUT2D eigenvalue weighted by Crippen LogP contribution is 2.34. The molecule has 0 atom stereocenters. The van der Waals surface area contributed by atoms with Gasteiger partial charge in [-0.1, -0.05) is 36.4 Å². The van der Waals surface area contributed by atoms with Gasteiger partial charge in [0.1, 0.15) is 0 Å². The molecule has 0 nitrogen and oxygen atoms in total. The lowest BCUT2D eigenvalue weighted by molar-refractivity contribution is 1.26.